The zero-order valence-electron chi connectivity index (χ0n) is 10.4. The van der Waals surface area contributed by atoms with Crippen LogP contribution in [0, 0.1) is 0 Å². The molecule has 0 atom stereocenters. The molecule has 2 aromatic carbocycles. The molecule has 1 N–H and O–H groups in total. The van der Waals surface area contributed by atoms with E-state index in [1.54, 1.807) is 12.1 Å². The fraction of sp³-hybridized carbons (Fsp3) is 0.0769. The third-order valence-electron chi connectivity index (χ3n) is 2.61. The highest BCUT2D eigenvalue weighted by Gasteiger charge is 2.30. The number of sulfonamides is 1. The normalized spacial score (nSPS) is 12.2. The molecule has 2 rings (SSSR count). The first-order chi connectivity index (χ1) is 9.70. The SMILES string of the molecule is O=S(=O)(Nc1ccccc1Cl)c1ccc(C(F)(F)F)cc1. The first-order valence-electron chi connectivity index (χ1n) is 5.65. The minimum atomic E-state index is -4.52. The Balaban J connectivity index is 2.30. The molecule has 0 unspecified atom stereocenters. The number of para-hydroxylation sites is 1. The Kier molecular flexibility index (Phi) is 4.15. The predicted molar refractivity (Wildman–Crippen MR) is 73.7 cm³/mol. The molecule has 0 spiro atoms. The lowest BCUT2D eigenvalue weighted by atomic mass is 10.2. The summed E-state index contributed by atoms with van der Waals surface area (Å²) >= 11 is 5.83. The van der Waals surface area contributed by atoms with E-state index in [9.17, 15) is 21.6 Å². The van der Waals surface area contributed by atoms with Crippen molar-refractivity contribution in [1.82, 2.24) is 0 Å². The Hall–Kier alpha value is -1.73. The Morgan fingerprint density at radius 2 is 1.52 bits per heavy atom. The number of alkyl halides is 3. The van der Waals surface area contributed by atoms with E-state index >= 15 is 0 Å². The van der Waals surface area contributed by atoms with Crippen LogP contribution in [0.5, 0.6) is 0 Å². The molecule has 21 heavy (non-hydrogen) atoms. The number of hydrogen-bond donors (Lipinski definition) is 1. The van der Waals surface area contributed by atoms with E-state index < -0.39 is 21.8 Å². The second kappa shape index (κ2) is 5.57. The summed E-state index contributed by atoms with van der Waals surface area (Å²) in [5.74, 6) is 0. The van der Waals surface area contributed by atoms with E-state index in [-0.39, 0.29) is 15.6 Å². The van der Waals surface area contributed by atoms with Gasteiger partial charge in [-0.3, -0.25) is 4.72 Å². The molecule has 0 aliphatic carbocycles. The van der Waals surface area contributed by atoms with Gasteiger partial charge < -0.3 is 0 Å². The molecule has 0 amide bonds. The maximum absolute atomic E-state index is 12.4. The highest BCUT2D eigenvalue weighted by Crippen LogP contribution is 2.30. The molecule has 112 valence electrons. The van der Waals surface area contributed by atoms with Crippen LogP contribution >= 0.6 is 11.6 Å². The van der Waals surface area contributed by atoms with E-state index in [4.69, 9.17) is 11.6 Å². The van der Waals surface area contributed by atoms with Crippen LogP contribution in [0.3, 0.4) is 0 Å². The van der Waals surface area contributed by atoms with Crippen molar-refractivity contribution in [3.05, 3.63) is 59.1 Å². The largest absolute Gasteiger partial charge is 0.416 e. The van der Waals surface area contributed by atoms with Gasteiger partial charge in [-0.1, -0.05) is 23.7 Å². The van der Waals surface area contributed by atoms with Crippen molar-refractivity contribution in [2.24, 2.45) is 0 Å². The van der Waals surface area contributed by atoms with Gasteiger partial charge in [-0.2, -0.15) is 13.2 Å². The third-order valence-corrected chi connectivity index (χ3v) is 4.32. The number of nitrogens with one attached hydrogen (secondary N) is 1. The molecule has 3 nitrogen and oxygen atoms in total. The lowest BCUT2D eigenvalue weighted by molar-refractivity contribution is -0.137. The summed E-state index contributed by atoms with van der Waals surface area (Å²) in [6.07, 6.45) is -4.52. The highest BCUT2D eigenvalue weighted by atomic mass is 35.5. The van der Waals surface area contributed by atoms with Gasteiger partial charge in [-0.25, -0.2) is 8.42 Å². The number of benzene rings is 2. The van der Waals surface area contributed by atoms with Crippen LogP contribution in [0.15, 0.2) is 53.4 Å². The van der Waals surface area contributed by atoms with Crippen LogP contribution in [-0.2, 0) is 16.2 Å². The van der Waals surface area contributed by atoms with Gasteiger partial charge in [-0.05, 0) is 36.4 Å². The van der Waals surface area contributed by atoms with Crippen molar-refractivity contribution in [2.75, 3.05) is 4.72 Å². The smallest absolute Gasteiger partial charge is 0.278 e. The maximum Gasteiger partial charge on any atom is 0.416 e. The highest BCUT2D eigenvalue weighted by molar-refractivity contribution is 7.92. The summed E-state index contributed by atoms with van der Waals surface area (Å²) in [5.41, 5.74) is -0.766. The van der Waals surface area contributed by atoms with E-state index in [2.05, 4.69) is 4.72 Å². The maximum atomic E-state index is 12.4. The van der Waals surface area contributed by atoms with Crippen molar-refractivity contribution >= 4 is 27.3 Å². The van der Waals surface area contributed by atoms with Crippen molar-refractivity contribution < 1.29 is 21.6 Å². The Morgan fingerprint density at radius 3 is 2.05 bits per heavy atom. The van der Waals surface area contributed by atoms with Gasteiger partial charge in [0.15, 0.2) is 0 Å². The Morgan fingerprint density at radius 1 is 0.952 bits per heavy atom. The minimum absolute atomic E-state index is 0.152. The standard InChI is InChI=1S/C13H9ClF3NO2S/c14-11-3-1-2-4-12(11)18-21(19,20)10-7-5-9(6-8-10)13(15,16)17/h1-8,18H. The number of anilines is 1. The van der Waals surface area contributed by atoms with E-state index in [0.29, 0.717) is 12.1 Å². The Bertz CT molecular complexity index is 743. The summed E-state index contributed by atoms with van der Waals surface area (Å²) in [5, 5.41) is 0.188. The molecule has 0 saturated carbocycles. The quantitative estimate of drug-likeness (QED) is 0.915. The average molecular weight is 336 g/mol. The van der Waals surface area contributed by atoms with E-state index in [1.807, 2.05) is 0 Å². The lowest BCUT2D eigenvalue weighted by Crippen LogP contribution is -2.14. The van der Waals surface area contributed by atoms with Crippen molar-refractivity contribution in [3.8, 4) is 0 Å². The van der Waals surface area contributed by atoms with Crippen LogP contribution in [0.1, 0.15) is 5.56 Å². The van der Waals surface area contributed by atoms with Gasteiger partial charge in [0.25, 0.3) is 10.0 Å². The summed E-state index contributed by atoms with van der Waals surface area (Å²) in [6.45, 7) is 0. The molecule has 0 radical (unpaired) electrons. The number of halogens is 4. The lowest BCUT2D eigenvalue weighted by Gasteiger charge is -2.11. The summed E-state index contributed by atoms with van der Waals surface area (Å²) in [6, 6.07) is 9.34. The van der Waals surface area contributed by atoms with Gasteiger partial charge in [0.2, 0.25) is 0 Å². The van der Waals surface area contributed by atoms with Gasteiger partial charge in [0.05, 0.1) is 21.2 Å². The molecular formula is C13H9ClF3NO2S. The van der Waals surface area contributed by atoms with Crippen LogP contribution in [0.4, 0.5) is 18.9 Å². The summed E-state index contributed by atoms with van der Waals surface area (Å²) in [7, 11) is -4.00. The summed E-state index contributed by atoms with van der Waals surface area (Å²) < 4.78 is 63.6. The fourth-order valence-electron chi connectivity index (χ4n) is 1.57. The molecule has 8 heteroatoms. The number of hydrogen-bond acceptors (Lipinski definition) is 2. The second-order valence-corrected chi connectivity index (χ2v) is 6.20. The van der Waals surface area contributed by atoms with Gasteiger partial charge in [-0.15, -0.1) is 0 Å². The molecule has 0 bridgehead atoms. The predicted octanol–water partition coefficient (Wildman–Crippen LogP) is 4.16. The monoisotopic (exact) mass is 335 g/mol. The second-order valence-electron chi connectivity index (χ2n) is 4.11. The van der Waals surface area contributed by atoms with Crippen molar-refractivity contribution in [2.45, 2.75) is 11.1 Å². The molecule has 2 aromatic rings. The first-order valence-corrected chi connectivity index (χ1v) is 7.51. The van der Waals surface area contributed by atoms with Gasteiger partial charge in [0, 0.05) is 0 Å². The van der Waals surface area contributed by atoms with E-state index in [1.165, 1.54) is 12.1 Å². The topological polar surface area (TPSA) is 46.2 Å². The third kappa shape index (κ3) is 3.68. The van der Waals surface area contributed by atoms with E-state index in [0.717, 1.165) is 12.1 Å². The zero-order valence-corrected chi connectivity index (χ0v) is 11.9. The minimum Gasteiger partial charge on any atom is -0.278 e. The van der Waals surface area contributed by atoms with Gasteiger partial charge in [0.1, 0.15) is 0 Å². The van der Waals surface area contributed by atoms with Crippen molar-refractivity contribution in [3.63, 3.8) is 0 Å². The average Bonchev–Trinajstić information content (AvgIpc) is 2.40. The van der Waals surface area contributed by atoms with Crippen LogP contribution in [0.25, 0.3) is 0 Å². The molecule has 0 saturated heterocycles. The van der Waals surface area contributed by atoms with Crippen LogP contribution in [0.2, 0.25) is 5.02 Å². The van der Waals surface area contributed by atoms with Crippen LogP contribution in [-0.4, -0.2) is 8.42 Å². The summed E-state index contributed by atoms with van der Waals surface area (Å²) in [4.78, 5) is -0.282. The molecule has 0 heterocycles. The Labute approximate surface area is 124 Å². The van der Waals surface area contributed by atoms with Crippen LogP contribution < -0.4 is 4.72 Å². The zero-order chi connectivity index (χ0) is 15.7. The van der Waals surface area contributed by atoms with Gasteiger partial charge >= 0.3 is 6.18 Å². The van der Waals surface area contributed by atoms with Crippen molar-refractivity contribution in [1.29, 1.82) is 0 Å². The molecular weight excluding hydrogens is 327 g/mol. The molecule has 0 aliphatic rings. The molecule has 0 aliphatic heterocycles. The molecule has 0 fully saturated rings. The molecule has 0 aromatic heterocycles. The number of rotatable bonds is 3. The first kappa shape index (κ1) is 15.7. The fourth-order valence-corrected chi connectivity index (χ4v) is 2.89.